The standard InChI is InChI=1S/C20H22N4OS2/c1-13(19(25)21-16-9-8-14-5-3-6-15(14)11-16)27-20-23-22-18(24(20)2)12-17-7-4-10-26-17/h4,7-11,13H,3,5-6,12H2,1-2H3,(H,21,25). The van der Waals surface area contributed by atoms with Crippen molar-refractivity contribution in [1.82, 2.24) is 14.8 Å². The summed E-state index contributed by atoms with van der Waals surface area (Å²) in [5.41, 5.74) is 3.65. The van der Waals surface area contributed by atoms with Crippen molar-refractivity contribution in [2.45, 2.75) is 43.0 Å². The highest BCUT2D eigenvalue weighted by atomic mass is 32.2. The molecular formula is C20H22N4OS2. The van der Waals surface area contributed by atoms with E-state index in [9.17, 15) is 4.79 Å². The minimum atomic E-state index is -0.254. The number of nitrogens with one attached hydrogen (secondary N) is 1. The highest BCUT2D eigenvalue weighted by Gasteiger charge is 2.20. The van der Waals surface area contributed by atoms with Gasteiger partial charge in [-0.15, -0.1) is 21.5 Å². The second kappa shape index (κ2) is 7.86. The molecule has 1 atom stereocenters. The number of carbonyl (C=O) groups excluding carboxylic acids is 1. The van der Waals surface area contributed by atoms with E-state index in [1.165, 1.54) is 34.2 Å². The van der Waals surface area contributed by atoms with E-state index in [0.29, 0.717) is 0 Å². The Labute approximate surface area is 167 Å². The number of rotatable bonds is 6. The van der Waals surface area contributed by atoms with E-state index in [2.05, 4.69) is 39.1 Å². The molecule has 27 heavy (non-hydrogen) atoms. The number of amides is 1. The molecular weight excluding hydrogens is 376 g/mol. The number of hydrogen-bond donors (Lipinski definition) is 1. The van der Waals surface area contributed by atoms with Crippen LogP contribution in [0.3, 0.4) is 0 Å². The van der Waals surface area contributed by atoms with E-state index < -0.39 is 0 Å². The van der Waals surface area contributed by atoms with Crippen molar-refractivity contribution >= 4 is 34.7 Å². The summed E-state index contributed by atoms with van der Waals surface area (Å²) >= 11 is 3.15. The predicted molar refractivity (Wildman–Crippen MR) is 111 cm³/mol. The zero-order valence-electron chi connectivity index (χ0n) is 15.4. The maximum absolute atomic E-state index is 12.6. The van der Waals surface area contributed by atoms with Crippen LogP contribution in [0.5, 0.6) is 0 Å². The van der Waals surface area contributed by atoms with Crippen molar-refractivity contribution in [1.29, 1.82) is 0 Å². The Morgan fingerprint density at radius 3 is 2.96 bits per heavy atom. The zero-order chi connectivity index (χ0) is 18.8. The smallest absolute Gasteiger partial charge is 0.237 e. The average molecular weight is 399 g/mol. The Bertz CT molecular complexity index is 949. The van der Waals surface area contributed by atoms with Crippen LogP contribution in [0.2, 0.25) is 0 Å². The van der Waals surface area contributed by atoms with Crippen LogP contribution in [0.15, 0.2) is 40.9 Å². The summed E-state index contributed by atoms with van der Waals surface area (Å²) in [6.07, 6.45) is 4.22. The van der Waals surface area contributed by atoms with Crippen LogP contribution >= 0.6 is 23.1 Å². The molecule has 0 aliphatic heterocycles. The molecule has 1 amide bonds. The molecule has 5 nitrogen and oxygen atoms in total. The third-order valence-corrected chi connectivity index (χ3v) is 6.87. The van der Waals surface area contributed by atoms with Gasteiger partial charge in [0.25, 0.3) is 0 Å². The number of fused-ring (bicyclic) bond motifs is 1. The topological polar surface area (TPSA) is 59.8 Å². The fourth-order valence-electron chi connectivity index (χ4n) is 3.28. The number of thioether (sulfide) groups is 1. The van der Waals surface area contributed by atoms with E-state index in [0.717, 1.165) is 35.9 Å². The van der Waals surface area contributed by atoms with Crippen molar-refractivity contribution in [3.8, 4) is 0 Å². The normalized spacial score (nSPS) is 14.1. The molecule has 3 aromatic rings. The minimum absolute atomic E-state index is 0.0132. The molecule has 1 aromatic carbocycles. The summed E-state index contributed by atoms with van der Waals surface area (Å²) in [4.78, 5) is 13.9. The molecule has 0 bridgehead atoms. The Kier molecular flexibility index (Phi) is 5.31. The molecule has 1 aliphatic rings. The van der Waals surface area contributed by atoms with Crippen LogP contribution in [-0.4, -0.2) is 25.9 Å². The average Bonchev–Trinajstić information content (AvgIpc) is 3.39. The Balaban J connectivity index is 1.39. The van der Waals surface area contributed by atoms with E-state index in [1.54, 1.807) is 11.3 Å². The number of thiophene rings is 1. The molecule has 140 valence electrons. The molecule has 1 aliphatic carbocycles. The second-order valence-corrected chi connectivity index (χ2v) is 9.14. The lowest BCUT2D eigenvalue weighted by Crippen LogP contribution is -2.23. The van der Waals surface area contributed by atoms with Crippen LogP contribution < -0.4 is 5.32 Å². The Hall–Kier alpha value is -2.12. The summed E-state index contributed by atoms with van der Waals surface area (Å²) in [5.74, 6) is 0.895. The van der Waals surface area contributed by atoms with Crippen molar-refractivity contribution < 1.29 is 4.79 Å². The van der Waals surface area contributed by atoms with Crippen LogP contribution in [0.25, 0.3) is 0 Å². The summed E-state index contributed by atoms with van der Waals surface area (Å²) in [7, 11) is 1.95. The predicted octanol–water partition coefficient (Wildman–Crippen LogP) is 4.08. The molecule has 0 saturated carbocycles. The number of anilines is 1. The van der Waals surface area contributed by atoms with Crippen LogP contribution in [0.1, 0.15) is 35.2 Å². The molecule has 2 aromatic heterocycles. The van der Waals surface area contributed by atoms with E-state index in [4.69, 9.17) is 0 Å². The van der Waals surface area contributed by atoms with Crippen LogP contribution in [0.4, 0.5) is 5.69 Å². The molecule has 7 heteroatoms. The van der Waals surface area contributed by atoms with Gasteiger partial charge in [-0.2, -0.15) is 0 Å². The van der Waals surface area contributed by atoms with Crippen molar-refractivity contribution in [2.75, 3.05) is 5.32 Å². The third-order valence-electron chi connectivity index (χ3n) is 4.85. The highest BCUT2D eigenvalue weighted by molar-refractivity contribution is 8.00. The van der Waals surface area contributed by atoms with Crippen molar-refractivity contribution in [2.24, 2.45) is 7.05 Å². The van der Waals surface area contributed by atoms with E-state index >= 15 is 0 Å². The minimum Gasteiger partial charge on any atom is -0.325 e. The number of aromatic nitrogens is 3. The van der Waals surface area contributed by atoms with Crippen LogP contribution in [0, 0.1) is 0 Å². The van der Waals surface area contributed by atoms with Crippen molar-refractivity contribution in [3.63, 3.8) is 0 Å². The van der Waals surface area contributed by atoms with Gasteiger partial charge in [-0.05, 0) is 60.9 Å². The molecule has 4 rings (SSSR count). The lowest BCUT2D eigenvalue weighted by atomic mass is 10.1. The maximum atomic E-state index is 12.6. The molecule has 1 N–H and O–H groups in total. The fraction of sp³-hybridized carbons (Fsp3) is 0.350. The zero-order valence-corrected chi connectivity index (χ0v) is 17.1. The Morgan fingerprint density at radius 2 is 2.15 bits per heavy atom. The number of aryl methyl sites for hydroxylation is 2. The molecule has 0 radical (unpaired) electrons. The highest BCUT2D eigenvalue weighted by Crippen LogP contribution is 2.27. The number of carbonyl (C=O) groups is 1. The van der Waals surface area contributed by atoms with E-state index in [-0.39, 0.29) is 11.2 Å². The first-order chi connectivity index (χ1) is 13.1. The first-order valence-electron chi connectivity index (χ1n) is 9.10. The van der Waals surface area contributed by atoms with E-state index in [1.807, 2.05) is 30.7 Å². The monoisotopic (exact) mass is 398 g/mol. The molecule has 2 heterocycles. The molecule has 0 spiro atoms. The van der Waals surface area contributed by atoms with Crippen LogP contribution in [-0.2, 0) is 31.1 Å². The number of nitrogens with zero attached hydrogens (tertiary/aromatic N) is 3. The van der Waals surface area contributed by atoms with Gasteiger partial charge in [0.2, 0.25) is 5.91 Å². The fourth-order valence-corrected chi connectivity index (χ4v) is 4.81. The SMILES string of the molecule is CC(Sc1nnc(Cc2cccs2)n1C)C(=O)Nc1ccc2c(c1)CCC2. The van der Waals surface area contributed by atoms with Crippen molar-refractivity contribution in [3.05, 3.63) is 57.5 Å². The van der Waals surface area contributed by atoms with Gasteiger partial charge in [-0.3, -0.25) is 4.79 Å². The van der Waals surface area contributed by atoms with Gasteiger partial charge >= 0.3 is 0 Å². The molecule has 0 fully saturated rings. The van der Waals surface area contributed by atoms with Gasteiger partial charge in [0.15, 0.2) is 5.16 Å². The van der Waals surface area contributed by atoms with Gasteiger partial charge in [0.1, 0.15) is 5.82 Å². The lowest BCUT2D eigenvalue weighted by molar-refractivity contribution is -0.115. The van der Waals surface area contributed by atoms with Gasteiger partial charge in [-0.1, -0.05) is 23.9 Å². The summed E-state index contributed by atoms with van der Waals surface area (Å²) in [6.45, 7) is 1.90. The van der Waals surface area contributed by atoms with Gasteiger partial charge < -0.3 is 9.88 Å². The third kappa shape index (κ3) is 4.09. The molecule has 0 saturated heterocycles. The summed E-state index contributed by atoms with van der Waals surface area (Å²) in [6, 6.07) is 10.4. The first-order valence-corrected chi connectivity index (χ1v) is 10.9. The second-order valence-electron chi connectivity index (χ2n) is 6.80. The lowest BCUT2D eigenvalue weighted by Gasteiger charge is -2.12. The quantitative estimate of drug-likeness (QED) is 0.636. The number of benzene rings is 1. The van der Waals surface area contributed by atoms with Gasteiger partial charge in [0, 0.05) is 24.0 Å². The first kappa shape index (κ1) is 18.3. The maximum Gasteiger partial charge on any atom is 0.237 e. The van der Waals surface area contributed by atoms with Gasteiger partial charge in [0.05, 0.1) is 5.25 Å². The number of hydrogen-bond acceptors (Lipinski definition) is 5. The molecule has 1 unspecified atom stereocenters. The largest absolute Gasteiger partial charge is 0.325 e. The summed E-state index contributed by atoms with van der Waals surface area (Å²) < 4.78 is 1.98. The van der Waals surface area contributed by atoms with Gasteiger partial charge in [-0.25, -0.2) is 0 Å². The Morgan fingerprint density at radius 1 is 1.30 bits per heavy atom. The summed E-state index contributed by atoms with van der Waals surface area (Å²) in [5, 5.41) is 14.2.